The summed E-state index contributed by atoms with van der Waals surface area (Å²) in [4.78, 5) is 11.0. The van der Waals surface area contributed by atoms with E-state index >= 15 is 0 Å². The smallest absolute Gasteiger partial charge is 0.221 e. The van der Waals surface area contributed by atoms with Crippen molar-refractivity contribution in [2.75, 3.05) is 20.1 Å². The van der Waals surface area contributed by atoms with Gasteiger partial charge in [-0.25, -0.2) is 0 Å². The number of aliphatic hydroxyl groups is 1. The van der Waals surface area contributed by atoms with Gasteiger partial charge in [0.1, 0.15) is 0 Å². The van der Waals surface area contributed by atoms with Crippen molar-refractivity contribution in [1.82, 2.24) is 10.6 Å². The van der Waals surface area contributed by atoms with Crippen LogP contribution in [0.1, 0.15) is 43.4 Å². The van der Waals surface area contributed by atoms with E-state index in [1.165, 1.54) is 5.56 Å². The van der Waals surface area contributed by atoms with Gasteiger partial charge in [0.15, 0.2) is 0 Å². The molecule has 0 radical (unpaired) electrons. The molecule has 0 saturated heterocycles. The number of rotatable bonds is 7. The quantitative estimate of drug-likeness (QED) is 0.655. The molecule has 0 bridgehead atoms. The maximum atomic E-state index is 11.0. The third-order valence-corrected chi connectivity index (χ3v) is 3.13. The van der Waals surface area contributed by atoms with E-state index < -0.39 is 6.10 Å². The Kier molecular flexibility index (Phi) is 6.53. The van der Waals surface area contributed by atoms with E-state index in [-0.39, 0.29) is 5.91 Å². The van der Waals surface area contributed by atoms with Crippen LogP contribution in [0.2, 0.25) is 0 Å². The van der Waals surface area contributed by atoms with Gasteiger partial charge < -0.3 is 15.7 Å². The van der Waals surface area contributed by atoms with Crippen LogP contribution in [0.15, 0.2) is 24.3 Å². The Hall–Kier alpha value is -1.39. The summed E-state index contributed by atoms with van der Waals surface area (Å²) in [5.41, 5.74) is 2.17. The molecule has 0 aliphatic carbocycles. The summed E-state index contributed by atoms with van der Waals surface area (Å²) in [5, 5.41) is 15.6. The zero-order chi connectivity index (χ0) is 14.3. The summed E-state index contributed by atoms with van der Waals surface area (Å²) >= 11 is 0. The Morgan fingerprint density at radius 3 is 2.32 bits per heavy atom. The molecule has 0 spiro atoms. The lowest BCUT2D eigenvalue weighted by molar-refractivity contribution is -0.120. The molecule has 1 aromatic carbocycles. The molecule has 0 heterocycles. The summed E-state index contributed by atoms with van der Waals surface area (Å²) in [6.45, 7) is 5.32. The topological polar surface area (TPSA) is 61.4 Å². The predicted molar refractivity (Wildman–Crippen MR) is 77.0 cm³/mol. The number of hydrogen-bond donors (Lipinski definition) is 3. The van der Waals surface area contributed by atoms with Gasteiger partial charge in [0.05, 0.1) is 6.10 Å². The highest BCUT2D eigenvalue weighted by molar-refractivity contribution is 5.75. The van der Waals surface area contributed by atoms with Gasteiger partial charge in [0, 0.05) is 26.6 Å². The fraction of sp³-hybridized carbons (Fsp3) is 0.533. The van der Waals surface area contributed by atoms with Gasteiger partial charge in [-0.2, -0.15) is 0 Å². The van der Waals surface area contributed by atoms with Crippen LogP contribution in [-0.4, -0.2) is 31.2 Å². The van der Waals surface area contributed by atoms with Crippen LogP contribution < -0.4 is 10.6 Å². The lowest BCUT2D eigenvalue weighted by atomic mass is 10.00. The molecule has 1 amide bonds. The first-order valence-corrected chi connectivity index (χ1v) is 6.73. The molecule has 3 N–H and O–H groups in total. The number of benzene rings is 1. The maximum absolute atomic E-state index is 11.0. The molecule has 0 aliphatic rings. The van der Waals surface area contributed by atoms with Crippen molar-refractivity contribution in [2.24, 2.45) is 0 Å². The standard InChI is InChI=1S/C15H24N2O2/c1-11(2)12-4-6-13(7-5-12)14(18)10-17-9-8-15(19)16-3/h4-7,11,14,17-18H,8-10H2,1-3H3,(H,16,19). The van der Waals surface area contributed by atoms with E-state index in [1.807, 2.05) is 24.3 Å². The molecule has 0 saturated carbocycles. The van der Waals surface area contributed by atoms with Crippen molar-refractivity contribution < 1.29 is 9.90 Å². The van der Waals surface area contributed by atoms with E-state index in [0.29, 0.717) is 25.4 Å². The lowest BCUT2D eigenvalue weighted by Crippen LogP contribution is -2.27. The minimum Gasteiger partial charge on any atom is -0.387 e. The summed E-state index contributed by atoms with van der Waals surface area (Å²) in [6.07, 6.45) is -0.110. The summed E-state index contributed by atoms with van der Waals surface area (Å²) in [7, 11) is 1.62. The van der Waals surface area contributed by atoms with Gasteiger partial charge in [0.2, 0.25) is 5.91 Å². The Balaban J connectivity index is 2.36. The molecule has 0 aliphatic heterocycles. The molecule has 1 atom stereocenters. The Morgan fingerprint density at radius 2 is 1.79 bits per heavy atom. The molecule has 1 unspecified atom stereocenters. The van der Waals surface area contributed by atoms with Crippen LogP contribution in [0.4, 0.5) is 0 Å². The molecular weight excluding hydrogens is 240 g/mol. The minimum absolute atomic E-state index is 0.00303. The largest absolute Gasteiger partial charge is 0.387 e. The second kappa shape index (κ2) is 7.92. The second-order valence-electron chi connectivity index (χ2n) is 4.96. The number of aliphatic hydroxyl groups excluding tert-OH is 1. The fourth-order valence-corrected chi connectivity index (χ4v) is 1.79. The Morgan fingerprint density at radius 1 is 1.21 bits per heavy atom. The Labute approximate surface area is 115 Å². The average molecular weight is 264 g/mol. The first kappa shape index (κ1) is 15.7. The van der Waals surface area contributed by atoms with E-state index in [9.17, 15) is 9.90 Å². The minimum atomic E-state index is -0.536. The lowest BCUT2D eigenvalue weighted by Gasteiger charge is -2.13. The van der Waals surface area contributed by atoms with Crippen molar-refractivity contribution in [1.29, 1.82) is 0 Å². The molecular formula is C15H24N2O2. The third-order valence-electron chi connectivity index (χ3n) is 3.13. The van der Waals surface area contributed by atoms with Crippen molar-refractivity contribution >= 4 is 5.91 Å². The first-order valence-electron chi connectivity index (χ1n) is 6.73. The molecule has 0 fully saturated rings. The maximum Gasteiger partial charge on any atom is 0.221 e. The van der Waals surface area contributed by atoms with Gasteiger partial charge in [-0.3, -0.25) is 4.79 Å². The highest BCUT2D eigenvalue weighted by atomic mass is 16.3. The van der Waals surface area contributed by atoms with Gasteiger partial charge >= 0.3 is 0 Å². The van der Waals surface area contributed by atoms with Crippen LogP contribution in [0.5, 0.6) is 0 Å². The van der Waals surface area contributed by atoms with Crippen molar-refractivity contribution in [3.8, 4) is 0 Å². The van der Waals surface area contributed by atoms with E-state index in [4.69, 9.17) is 0 Å². The molecule has 0 aromatic heterocycles. The van der Waals surface area contributed by atoms with Crippen LogP contribution in [0, 0.1) is 0 Å². The zero-order valence-corrected chi connectivity index (χ0v) is 11.9. The van der Waals surface area contributed by atoms with Crippen LogP contribution in [0.25, 0.3) is 0 Å². The summed E-state index contributed by atoms with van der Waals surface area (Å²) in [5.74, 6) is 0.500. The van der Waals surface area contributed by atoms with Gasteiger partial charge in [-0.05, 0) is 17.0 Å². The first-order chi connectivity index (χ1) is 9.04. The molecule has 4 heteroatoms. The summed E-state index contributed by atoms with van der Waals surface area (Å²) < 4.78 is 0. The highest BCUT2D eigenvalue weighted by Gasteiger charge is 2.08. The normalized spacial score (nSPS) is 12.5. The predicted octanol–water partition coefficient (Wildman–Crippen LogP) is 1.57. The molecule has 1 aromatic rings. The van der Waals surface area contributed by atoms with Crippen LogP contribution >= 0.6 is 0 Å². The van der Waals surface area contributed by atoms with E-state index in [2.05, 4.69) is 24.5 Å². The van der Waals surface area contributed by atoms with Crippen LogP contribution in [0.3, 0.4) is 0 Å². The van der Waals surface area contributed by atoms with Crippen molar-refractivity contribution in [3.05, 3.63) is 35.4 Å². The second-order valence-corrected chi connectivity index (χ2v) is 4.96. The van der Waals surface area contributed by atoms with Gasteiger partial charge in [-0.15, -0.1) is 0 Å². The average Bonchev–Trinajstić information content (AvgIpc) is 2.43. The van der Waals surface area contributed by atoms with E-state index in [0.717, 1.165) is 5.56 Å². The monoisotopic (exact) mass is 264 g/mol. The van der Waals surface area contributed by atoms with E-state index in [1.54, 1.807) is 7.05 Å². The number of amides is 1. The van der Waals surface area contributed by atoms with Crippen molar-refractivity contribution in [3.63, 3.8) is 0 Å². The zero-order valence-electron chi connectivity index (χ0n) is 11.9. The molecule has 4 nitrogen and oxygen atoms in total. The third kappa shape index (κ3) is 5.41. The number of nitrogens with one attached hydrogen (secondary N) is 2. The molecule has 106 valence electrons. The number of carbonyl (C=O) groups excluding carboxylic acids is 1. The fourth-order valence-electron chi connectivity index (χ4n) is 1.79. The number of carbonyl (C=O) groups is 1. The molecule has 1 rings (SSSR count). The van der Waals surface area contributed by atoms with Gasteiger partial charge in [-0.1, -0.05) is 38.1 Å². The number of hydrogen-bond acceptors (Lipinski definition) is 3. The SMILES string of the molecule is CNC(=O)CCNCC(O)c1ccc(C(C)C)cc1. The highest BCUT2D eigenvalue weighted by Crippen LogP contribution is 2.18. The molecule has 19 heavy (non-hydrogen) atoms. The van der Waals surface area contributed by atoms with Gasteiger partial charge in [0.25, 0.3) is 0 Å². The summed E-state index contributed by atoms with van der Waals surface area (Å²) in [6, 6.07) is 8.02. The van der Waals surface area contributed by atoms with Crippen LogP contribution in [-0.2, 0) is 4.79 Å². The van der Waals surface area contributed by atoms with Crippen molar-refractivity contribution in [2.45, 2.75) is 32.3 Å². The Bertz CT molecular complexity index is 388.